The van der Waals surface area contributed by atoms with Crippen LogP contribution in [0.4, 0.5) is 0 Å². The minimum atomic E-state index is -1.27. The van der Waals surface area contributed by atoms with E-state index in [-0.39, 0.29) is 11.3 Å². The van der Waals surface area contributed by atoms with Gasteiger partial charge < -0.3 is 14.2 Å². The molecular weight excluding hydrogens is 340 g/mol. The Kier molecular flexibility index (Phi) is 4.33. The number of cyclic esters (lactones) is 2. The number of carbonyl (C=O) groups is 3. The molecule has 1 aromatic heterocycles. The first kappa shape index (κ1) is 17.4. The van der Waals surface area contributed by atoms with Crippen LogP contribution in [0.15, 0.2) is 42.1 Å². The van der Waals surface area contributed by atoms with E-state index in [1.807, 2.05) is 0 Å². The van der Waals surface area contributed by atoms with Crippen molar-refractivity contribution in [1.29, 1.82) is 0 Å². The van der Waals surface area contributed by atoms with Gasteiger partial charge in [-0.3, -0.25) is 0 Å². The van der Waals surface area contributed by atoms with E-state index in [0.717, 1.165) is 0 Å². The lowest BCUT2D eigenvalue weighted by Crippen LogP contribution is -2.41. The van der Waals surface area contributed by atoms with Crippen molar-refractivity contribution in [3.63, 3.8) is 0 Å². The molecule has 0 radical (unpaired) electrons. The van der Waals surface area contributed by atoms with Gasteiger partial charge >= 0.3 is 17.9 Å². The van der Waals surface area contributed by atoms with E-state index >= 15 is 0 Å². The highest BCUT2D eigenvalue weighted by atomic mass is 16.7. The van der Waals surface area contributed by atoms with Crippen molar-refractivity contribution in [2.45, 2.75) is 19.6 Å². The Morgan fingerprint density at radius 2 is 1.73 bits per heavy atom. The minimum absolute atomic E-state index is 0.177. The molecular formula is C18H16N2O6. The standard InChI is InChI=1S/C18H16N2O6/c1-18(2)25-15(21)13(16(22)26-18)10-11-4-6-12(7-5-11)20-9-8-14(19-20)17(23)24-3/h4-10H,1-3H3. The number of benzene rings is 1. The van der Waals surface area contributed by atoms with Crippen LogP contribution >= 0.6 is 0 Å². The van der Waals surface area contributed by atoms with E-state index in [1.54, 1.807) is 30.5 Å². The van der Waals surface area contributed by atoms with Gasteiger partial charge in [-0.05, 0) is 29.8 Å². The SMILES string of the molecule is COC(=O)c1ccn(-c2ccc(C=C3C(=O)OC(C)(C)OC3=O)cc2)n1. The van der Waals surface area contributed by atoms with Gasteiger partial charge in [-0.1, -0.05) is 12.1 Å². The zero-order chi connectivity index (χ0) is 18.9. The zero-order valence-corrected chi connectivity index (χ0v) is 14.4. The maximum atomic E-state index is 12.0. The van der Waals surface area contributed by atoms with Crippen LogP contribution in [0.3, 0.4) is 0 Å². The topological polar surface area (TPSA) is 96.7 Å². The lowest BCUT2D eigenvalue weighted by Gasteiger charge is -2.29. The maximum Gasteiger partial charge on any atom is 0.358 e. The van der Waals surface area contributed by atoms with Crippen molar-refractivity contribution in [3.05, 3.63) is 53.4 Å². The molecule has 0 atom stereocenters. The molecule has 1 aliphatic heterocycles. The Morgan fingerprint density at radius 1 is 1.12 bits per heavy atom. The smallest absolute Gasteiger partial charge is 0.358 e. The summed E-state index contributed by atoms with van der Waals surface area (Å²) in [5.74, 6) is -3.26. The molecule has 2 aromatic rings. The Bertz CT molecular complexity index is 886. The van der Waals surface area contributed by atoms with Crippen LogP contribution in [-0.4, -0.2) is 40.6 Å². The second-order valence-electron chi connectivity index (χ2n) is 5.97. The van der Waals surface area contributed by atoms with Gasteiger partial charge in [0, 0.05) is 20.0 Å². The molecule has 0 spiro atoms. The number of aromatic nitrogens is 2. The van der Waals surface area contributed by atoms with Gasteiger partial charge in [0.1, 0.15) is 5.57 Å². The maximum absolute atomic E-state index is 12.0. The molecule has 0 aliphatic carbocycles. The van der Waals surface area contributed by atoms with Gasteiger partial charge in [0.05, 0.1) is 12.8 Å². The summed E-state index contributed by atoms with van der Waals surface area (Å²) in [7, 11) is 1.28. The van der Waals surface area contributed by atoms with Gasteiger partial charge in [0.15, 0.2) is 5.69 Å². The first-order valence-corrected chi connectivity index (χ1v) is 7.72. The van der Waals surface area contributed by atoms with Crippen LogP contribution in [-0.2, 0) is 23.8 Å². The summed E-state index contributed by atoms with van der Waals surface area (Å²) < 4.78 is 16.2. The summed E-state index contributed by atoms with van der Waals surface area (Å²) >= 11 is 0. The van der Waals surface area contributed by atoms with Crippen LogP contribution in [0.5, 0.6) is 0 Å². The molecule has 0 bridgehead atoms. The molecule has 8 heteroatoms. The van der Waals surface area contributed by atoms with Crippen LogP contribution in [0.1, 0.15) is 29.9 Å². The summed E-state index contributed by atoms with van der Waals surface area (Å²) in [4.78, 5) is 35.4. The number of hydrogen-bond donors (Lipinski definition) is 0. The average molecular weight is 356 g/mol. The molecule has 0 saturated carbocycles. The van der Waals surface area contributed by atoms with Crippen molar-refractivity contribution in [2.24, 2.45) is 0 Å². The van der Waals surface area contributed by atoms with Gasteiger partial charge in [-0.15, -0.1) is 0 Å². The van der Waals surface area contributed by atoms with Crippen molar-refractivity contribution >= 4 is 24.0 Å². The third kappa shape index (κ3) is 3.49. The highest BCUT2D eigenvalue weighted by Gasteiger charge is 2.38. The number of rotatable bonds is 3. The number of esters is 3. The zero-order valence-electron chi connectivity index (χ0n) is 14.4. The first-order valence-electron chi connectivity index (χ1n) is 7.72. The number of carbonyl (C=O) groups excluding carboxylic acids is 3. The second-order valence-corrected chi connectivity index (χ2v) is 5.97. The highest BCUT2D eigenvalue weighted by molar-refractivity contribution is 6.18. The van der Waals surface area contributed by atoms with Gasteiger partial charge in [0.25, 0.3) is 5.79 Å². The molecule has 1 aromatic carbocycles. The first-order chi connectivity index (χ1) is 12.3. The Balaban J connectivity index is 1.82. The van der Waals surface area contributed by atoms with Crippen molar-refractivity contribution < 1.29 is 28.6 Å². The van der Waals surface area contributed by atoms with E-state index in [4.69, 9.17) is 9.47 Å². The second kappa shape index (κ2) is 6.47. The molecule has 8 nitrogen and oxygen atoms in total. The number of ether oxygens (including phenoxy) is 3. The van der Waals surface area contributed by atoms with E-state index in [2.05, 4.69) is 9.84 Å². The number of hydrogen-bond acceptors (Lipinski definition) is 7. The van der Waals surface area contributed by atoms with Gasteiger partial charge in [-0.25, -0.2) is 19.1 Å². The quantitative estimate of drug-likeness (QED) is 0.470. The molecule has 0 N–H and O–H groups in total. The van der Waals surface area contributed by atoms with Crippen LogP contribution in [0.2, 0.25) is 0 Å². The third-order valence-electron chi connectivity index (χ3n) is 3.57. The summed E-state index contributed by atoms with van der Waals surface area (Å²) in [6.07, 6.45) is 3.02. The fourth-order valence-electron chi connectivity index (χ4n) is 2.35. The van der Waals surface area contributed by atoms with E-state index in [9.17, 15) is 14.4 Å². The molecule has 2 heterocycles. The lowest BCUT2D eigenvalue weighted by molar-refractivity contribution is -0.222. The Labute approximate surface area is 149 Å². The molecule has 1 saturated heterocycles. The van der Waals surface area contributed by atoms with E-state index in [0.29, 0.717) is 11.3 Å². The molecule has 3 rings (SSSR count). The monoisotopic (exact) mass is 356 g/mol. The fraction of sp³-hybridized carbons (Fsp3) is 0.222. The van der Waals surface area contributed by atoms with E-state index in [1.165, 1.54) is 37.8 Å². The molecule has 134 valence electrons. The van der Waals surface area contributed by atoms with Crippen molar-refractivity contribution in [2.75, 3.05) is 7.11 Å². The molecule has 26 heavy (non-hydrogen) atoms. The lowest BCUT2D eigenvalue weighted by atomic mass is 10.1. The van der Waals surface area contributed by atoms with Gasteiger partial charge in [-0.2, -0.15) is 5.10 Å². The molecule has 1 fully saturated rings. The molecule has 0 unspecified atom stereocenters. The van der Waals surface area contributed by atoms with E-state index < -0.39 is 23.7 Å². The number of methoxy groups -OCH3 is 1. The normalized spacial score (nSPS) is 15.9. The van der Waals surface area contributed by atoms with Crippen LogP contribution < -0.4 is 0 Å². The van der Waals surface area contributed by atoms with Crippen LogP contribution in [0, 0.1) is 0 Å². The Morgan fingerprint density at radius 3 is 2.31 bits per heavy atom. The average Bonchev–Trinajstić information content (AvgIpc) is 3.07. The third-order valence-corrected chi connectivity index (χ3v) is 3.57. The minimum Gasteiger partial charge on any atom is -0.464 e. The number of nitrogens with zero attached hydrogens (tertiary/aromatic N) is 2. The van der Waals surface area contributed by atoms with Crippen molar-refractivity contribution in [1.82, 2.24) is 9.78 Å². The Hall–Kier alpha value is -3.42. The van der Waals surface area contributed by atoms with Crippen molar-refractivity contribution in [3.8, 4) is 5.69 Å². The predicted octanol–water partition coefficient (Wildman–Crippen LogP) is 1.88. The fourth-order valence-corrected chi connectivity index (χ4v) is 2.35. The predicted molar refractivity (Wildman–Crippen MR) is 89.1 cm³/mol. The molecule has 1 aliphatic rings. The summed E-state index contributed by atoms with van der Waals surface area (Å²) in [5, 5.41) is 4.12. The highest BCUT2D eigenvalue weighted by Crippen LogP contribution is 2.24. The molecule has 0 amide bonds. The van der Waals surface area contributed by atoms with Crippen LogP contribution in [0.25, 0.3) is 11.8 Å². The van der Waals surface area contributed by atoms with Gasteiger partial charge in [0.2, 0.25) is 0 Å². The summed E-state index contributed by atoms with van der Waals surface area (Å²) in [6, 6.07) is 8.38. The summed E-state index contributed by atoms with van der Waals surface area (Å²) in [6.45, 7) is 2.97. The largest absolute Gasteiger partial charge is 0.464 e. The summed E-state index contributed by atoms with van der Waals surface area (Å²) in [5.41, 5.74) is 1.31.